The zero-order valence-corrected chi connectivity index (χ0v) is 36.7. The first-order valence-corrected chi connectivity index (χ1v) is 22.5. The Morgan fingerprint density at radius 2 is 1.78 bits per heavy atom. The minimum atomic E-state index is -0.706. The summed E-state index contributed by atoms with van der Waals surface area (Å²) in [5, 5.41) is 23.3. The molecule has 13 heteroatoms. The summed E-state index contributed by atoms with van der Waals surface area (Å²) in [6.07, 6.45) is 7.92. The van der Waals surface area contributed by atoms with Crippen LogP contribution in [0.25, 0.3) is 44.2 Å². The maximum absolute atomic E-state index is 17.1. The zero-order chi connectivity index (χ0) is 44.2. The Bertz CT molecular complexity index is 2760. The van der Waals surface area contributed by atoms with E-state index in [2.05, 4.69) is 42.4 Å². The number of aliphatic hydroxyl groups is 1. The molecule has 326 valence electrons. The molecule has 0 spiro atoms. The first-order chi connectivity index (χ1) is 30.3. The average molecular weight is 895 g/mol. The lowest BCUT2D eigenvalue weighted by Crippen LogP contribution is -2.31. The molecule has 4 aromatic carbocycles. The van der Waals surface area contributed by atoms with Gasteiger partial charge >= 0.3 is 0 Å². The Morgan fingerprint density at radius 1 is 1.02 bits per heavy atom. The number of amides is 1. The number of halogens is 5. The molecule has 5 fully saturated rings. The van der Waals surface area contributed by atoms with E-state index in [1.54, 1.807) is 18.2 Å². The van der Waals surface area contributed by atoms with Gasteiger partial charge in [0.2, 0.25) is 5.91 Å². The van der Waals surface area contributed by atoms with E-state index < -0.39 is 24.1 Å². The summed E-state index contributed by atoms with van der Waals surface area (Å²) in [7, 11) is 0. The lowest BCUT2D eigenvalue weighted by molar-refractivity contribution is -0.133. The van der Waals surface area contributed by atoms with Crippen LogP contribution in [-0.2, 0) is 24.2 Å². The third kappa shape index (κ3) is 8.51. The van der Waals surface area contributed by atoms with Crippen molar-refractivity contribution in [3.8, 4) is 34.2 Å². The fourth-order valence-electron chi connectivity index (χ4n) is 9.58. The molecule has 3 N–H and O–H groups in total. The number of nitrogens with zero attached hydrogens (tertiary/aromatic N) is 3. The number of benzene rings is 4. The monoisotopic (exact) mass is 893 g/mol. The number of ether oxygens (including phenoxy) is 1. The van der Waals surface area contributed by atoms with Gasteiger partial charge in [-0.25, -0.2) is 18.2 Å². The van der Waals surface area contributed by atoms with E-state index in [0.29, 0.717) is 39.2 Å². The number of fused-ring (bicyclic) bond motifs is 5. The van der Waals surface area contributed by atoms with E-state index in [0.717, 1.165) is 96.2 Å². The van der Waals surface area contributed by atoms with Gasteiger partial charge in [-0.2, -0.15) is 5.26 Å². The summed E-state index contributed by atoms with van der Waals surface area (Å²) in [5.41, 5.74) is 5.27. The fraction of sp³-hybridized carbons (Fsp3) is 0.380. The van der Waals surface area contributed by atoms with Crippen molar-refractivity contribution in [2.45, 2.75) is 95.9 Å². The van der Waals surface area contributed by atoms with E-state index in [9.17, 15) is 18.8 Å². The molecule has 3 saturated heterocycles. The van der Waals surface area contributed by atoms with Gasteiger partial charge in [0.1, 0.15) is 28.5 Å². The van der Waals surface area contributed by atoms with Crippen LogP contribution in [0.4, 0.5) is 13.2 Å². The molecule has 1 atom stereocenters. The number of aliphatic hydroxyl groups excluding tert-OH is 1. The van der Waals surface area contributed by atoms with Crippen LogP contribution in [0.3, 0.4) is 0 Å². The van der Waals surface area contributed by atoms with Crippen molar-refractivity contribution in [1.29, 1.82) is 5.26 Å². The summed E-state index contributed by atoms with van der Waals surface area (Å²) in [6.45, 7) is 5.58. The smallest absolute Gasteiger partial charge is 0.226 e. The molecule has 12 rings (SSSR count). The molecule has 0 radical (unpaired) electrons. The highest BCUT2D eigenvalue weighted by Gasteiger charge is 2.40. The molecule has 4 aliphatic heterocycles. The molecule has 8 nitrogen and oxygen atoms in total. The number of carbonyl (C=O) groups is 1. The van der Waals surface area contributed by atoms with Gasteiger partial charge in [-0.3, -0.25) is 4.79 Å². The summed E-state index contributed by atoms with van der Waals surface area (Å²) < 4.78 is 48.2. The van der Waals surface area contributed by atoms with Gasteiger partial charge in [0.05, 0.1) is 40.0 Å². The van der Waals surface area contributed by atoms with Crippen molar-refractivity contribution in [3.63, 3.8) is 0 Å². The highest BCUT2D eigenvalue weighted by Crippen LogP contribution is 2.46. The molecule has 1 unspecified atom stereocenters. The third-order valence-electron chi connectivity index (χ3n) is 12.9. The van der Waals surface area contributed by atoms with Crippen LogP contribution in [0.15, 0.2) is 66.7 Å². The molecule has 2 aromatic heterocycles. The zero-order valence-electron chi connectivity index (χ0n) is 35.1. The second-order valence-corrected chi connectivity index (χ2v) is 18.8. The van der Waals surface area contributed by atoms with Crippen molar-refractivity contribution in [2.75, 3.05) is 13.1 Å². The van der Waals surface area contributed by atoms with Crippen LogP contribution in [0.1, 0.15) is 87.2 Å². The van der Waals surface area contributed by atoms with Gasteiger partial charge in [0.15, 0.2) is 5.82 Å². The van der Waals surface area contributed by atoms with Crippen molar-refractivity contribution in [3.05, 3.63) is 117 Å². The summed E-state index contributed by atoms with van der Waals surface area (Å²) >= 11 is 13.1. The molecule has 1 amide bonds. The SMILES string of the molecule is C1NC2CC1C2.CC1(C)Cc2cc(-c3nc4c(F)c(-c5cccc(Cl)c5Cl)c(CCC#N)cc4c4[nH]c(C5CCCN5C(=O)C5CC5)cc34)ccc2O1.OCc1c(F)cccc1F. The van der Waals surface area contributed by atoms with Crippen LogP contribution >= 0.6 is 23.2 Å². The first-order valence-electron chi connectivity index (χ1n) is 21.7. The predicted molar refractivity (Wildman–Crippen MR) is 240 cm³/mol. The van der Waals surface area contributed by atoms with Crippen LogP contribution in [0.5, 0.6) is 5.75 Å². The molecule has 2 aliphatic carbocycles. The van der Waals surface area contributed by atoms with Crippen LogP contribution in [0.2, 0.25) is 10.0 Å². The average Bonchev–Trinajstić information content (AvgIpc) is 3.74. The van der Waals surface area contributed by atoms with Crippen molar-refractivity contribution < 1.29 is 27.8 Å². The number of aromatic nitrogens is 2. The standard InChI is InChI=1S/C38H33Cl2FN4O2.C7H6F2O.C5H9N/c1-38(2)19-23-16-22(12-13-30(23)47-38)34-26-18-28(29-9-5-15-45(29)37(46)20-10-11-20)43-35(26)25-17-21(6-4-14-42)31(33(41)36(25)44-34)24-7-3-8-27(39)32(24)40;8-6-2-1-3-7(9)5(6)4-10;1-4-2-5(1)6-3-4/h3,7-8,12-13,16-18,20,29,43H,4-6,9-11,15,19H2,1-2H3;1-3,10H,4H2;4-6H,1-3H2. The first kappa shape index (κ1) is 43.1. The summed E-state index contributed by atoms with van der Waals surface area (Å²) in [5.74, 6) is 0.348. The highest BCUT2D eigenvalue weighted by atomic mass is 35.5. The molecule has 2 bridgehead atoms. The van der Waals surface area contributed by atoms with Gasteiger partial charge in [-0.15, -0.1) is 0 Å². The second-order valence-electron chi connectivity index (χ2n) is 18.0. The number of rotatable bonds is 7. The van der Waals surface area contributed by atoms with E-state index in [4.69, 9.17) is 38.0 Å². The van der Waals surface area contributed by atoms with Crippen molar-refractivity contribution in [1.82, 2.24) is 20.2 Å². The van der Waals surface area contributed by atoms with E-state index in [-0.39, 0.29) is 46.0 Å². The number of aromatic amines is 1. The van der Waals surface area contributed by atoms with E-state index in [1.165, 1.54) is 25.5 Å². The van der Waals surface area contributed by atoms with Crippen LogP contribution in [-0.4, -0.2) is 50.6 Å². The topological polar surface area (TPSA) is 114 Å². The van der Waals surface area contributed by atoms with E-state index >= 15 is 4.39 Å². The minimum absolute atomic E-state index is 0.0833. The Hall–Kier alpha value is -5.12. The van der Waals surface area contributed by atoms with Gasteiger partial charge in [0.25, 0.3) is 0 Å². The number of aryl methyl sites for hydroxylation is 1. The number of carbonyl (C=O) groups excluding carboxylic acids is 1. The molecular weight excluding hydrogens is 846 g/mol. The quantitative estimate of drug-likeness (QED) is 0.147. The number of nitriles is 1. The molecule has 6 heterocycles. The molecular formula is C50H48Cl2F3N5O3. The molecule has 6 aliphatic rings. The molecule has 6 aromatic rings. The Labute approximate surface area is 374 Å². The summed E-state index contributed by atoms with van der Waals surface area (Å²) in [6, 6.07) is 21.7. The van der Waals surface area contributed by atoms with Crippen molar-refractivity contribution in [2.24, 2.45) is 11.8 Å². The van der Waals surface area contributed by atoms with Gasteiger partial charge in [-0.05, 0) is 131 Å². The van der Waals surface area contributed by atoms with Gasteiger partial charge in [-0.1, -0.05) is 41.4 Å². The number of hydrogen-bond acceptors (Lipinski definition) is 6. The Morgan fingerprint density at radius 3 is 2.43 bits per heavy atom. The second kappa shape index (κ2) is 17.5. The number of hydrogen-bond donors (Lipinski definition) is 3. The van der Waals surface area contributed by atoms with Crippen LogP contribution in [0, 0.1) is 40.6 Å². The van der Waals surface area contributed by atoms with Crippen molar-refractivity contribution >= 4 is 50.9 Å². The van der Waals surface area contributed by atoms with Crippen LogP contribution < -0.4 is 10.1 Å². The lowest BCUT2D eigenvalue weighted by Gasteiger charge is -2.24. The number of nitrogens with one attached hydrogen (secondary N) is 2. The largest absolute Gasteiger partial charge is 0.487 e. The maximum atomic E-state index is 17.1. The third-order valence-corrected chi connectivity index (χ3v) is 13.8. The highest BCUT2D eigenvalue weighted by molar-refractivity contribution is 6.43. The number of likely N-dealkylation sites (tertiary alicyclic amines) is 1. The Balaban J connectivity index is 0.000000262. The predicted octanol–water partition coefficient (Wildman–Crippen LogP) is 11.6. The normalized spacial score (nSPS) is 20.3. The molecule has 63 heavy (non-hydrogen) atoms. The van der Waals surface area contributed by atoms with Gasteiger partial charge < -0.3 is 25.0 Å². The Kier molecular flexibility index (Phi) is 12.0. The lowest BCUT2D eigenvalue weighted by atomic mass is 9.87. The number of H-pyrrole nitrogens is 1. The molecule has 2 saturated carbocycles. The van der Waals surface area contributed by atoms with E-state index in [1.807, 2.05) is 23.1 Å². The summed E-state index contributed by atoms with van der Waals surface area (Å²) in [4.78, 5) is 24.0. The maximum Gasteiger partial charge on any atom is 0.226 e. The number of pyridine rings is 1. The van der Waals surface area contributed by atoms with Gasteiger partial charge in [0, 0.05) is 70.1 Å². The fourth-order valence-corrected chi connectivity index (χ4v) is 9.97. The minimum Gasteiger partial charge on any atom is -0.487 e.